The number of carbonyl (C=O) groups is 1. The van der Waals surface area contributed by atoms with Crippen LogP contribution in [0.4, 0.5) is 0 Å². The molecule has 1 heterocycles. The summed E-state index contributed by atoms with van der Waals surface area (Å²) in [6.07, 6.45) is 1.83. The maximum atomic E-state index is 12.9. The van der Waals surface area contributed by atoms with Crippen LogP contribution in [0.25, 0.3) is 0 Å². The molecule has 0 aromatic carbocycles. The Morgan fingerprint density at radius 2 is 1.95 bits per heavy atom. The molecule has 3 N–H and O–H groups in total. The summed E-state index contributed by atoms with van der Waals surface area (Å²) < 4.78 is 5.33. The number of carbonyl (C=O) groups excluding carboxylic acids is 1. The van der Waals surface area contributed by atoms with Gasteiger partial charge in [0.2, 0.25) is 5.91 Å². The zero-order chi connectivity index (χ0) is 15.9. The van der Waals surface area contributed by atoms with Crippen molar-refractivity contribution in [3.8, 4) is 0 Å². The molecule has 21 heavy (non-hydrogen) atoms. The van der Waals surface area contributed by atoms with Crippen LogP contribution in [0.2, 0.25) is 0 Å². The Kier molecular flexibility index (Phi) is 6.91. The van der Waals surface area contributed by atoms with Gasteiger partial charge in [-0.3, -0.25) is 4.79 Å². The van der Waals surface area contributed by atoms with Gasteiger partial charge in [0.1, 0.15) is 5.41 Å². The van der Waals surface area contributed by atoms with Crippen molar-refractivity contribution in [2.24, 2.45) is 16.3 Å². The van der Waals surface area contributed by atoms with E-state index in [2.05, 4.69) is 10.1 Å². The van der Waals surface area contributed by atoms with Gasteiger partial charge in [0.25, 0.3) is 0 Å². The molecule has 1 amide bonds. The van der Waals surface area contributed by atoms with Crippen molar-refractivity contribution in [1.29, 1.82) is 0 Å². The van der Waals surface area contributed by atoms with Crippen LogP contribution in [0, 0.1) is 5.41 Å². The second-order valence-electron chi connectivity index (χ2n) is 5.72. The normalized spacial score (nSPS) is 18.8. The maximum absolute atomic E-state index is 12.9. The summed E-state index contributed by atoms with van der Waals surface area (Å²) in [6, 6.07) is 0. The molecule has 0 aromatic heterocycles. The summed E-state index contributed by atoms with van der Waals surface area (Å²) in [7, 11) is 4.02. The van der Waals surface area contributed by atoms with Crippen molar-refractivity contribution in [3.63, 3.8) is 0 Å². The van der Waals surface area contributed by atoms with Gasteiger partial charge in [0.15, 0.2) is 5.84 Å². The Hall–Kier alpha value is -1.34. The molecule has 1 aliphatic rings. The van der Waals surface area contributed by atoms with Gasteiger partial charge in [-0.1, -0.05) is 5.16 Å². The first kappa shape index (κ1) is 17.7. The second-order valence-corrected chi connectivity index (χ2v) is 5.72. The van der Waals surface area contributed by atoms with Crippen molar-refractivity contribution < 1.29 is 14.7 Å². The highest BCUT2D eigenvalue weighted by atomic mass is 16.5. The first-order valence-electron chi connectivity index (χ1n) is 7.47. The SMILES string of the molecule is CCN(CCCN(C)C)C(=O)C1(C(N)=NO)CCOCC1. The van der Waals surface area contributed by atoms with E-state index >= 15 is 0 Å². The van der Waals surface area contributed by atoms with E-state index in [4.69, 9.17) is 15.7 Å². The number of rotatable bonds is 7. The zero-order valence-corrected chi connectivity index (χ0v) is 13.3. The summed E-state index contributed by atoms with van der Waals surface area (Å²) in [5.74, 6) is -0.0517. The number of nitrogens with two attached hydrogens (primary N) is 1. The Morgan fingerprint density at radius 3 is 2.43 bits per heavy atom. The maximum Gasteiger partial charge on any atom is 0.236 e. The van der Waals surface area contributed by atoms with Gasteiger partial charge in [0, 0.05) is 26.3 Å². The topological polar surface area (TPSA) is 91.4 Å². The average Bonchev–Trinajstić information content (AvgIpc) is 2.50. The monoisotopic (exact) mass is 300 g/mol. The van der Waals surface area contributed by atoms with E-state index in [-0.39, 0.29) is 11.7 Å². The molecule has 1 rings (SSSR count). The molecule has 0 saturated carbocycles. The third-order valence-electron chi connectivity index (χ3n) is 4.06. The highest BCUT2D eigenvalue weighted by Crippen LogP contribution is 2.33. The van der Waals surface area contributed by atoms with Crippen LogP contribution >= 0.6 is 0 Å². The molecule has 1 saturated heterocycles. The second kappa shape index (κ2) is 8.19. The molecule has 0 radical (unpaired) electrons. The summed E-state index contributed by atoms with van der Waals surface area (Å²) in [6.45, 7) is 5.08. The first-order chi connectivity index (χ1) is 9.97. The third kappa shape index (κ3) is 4.31. The van der Waals surface area contributed by atoms with Gasteiger partial charge >= 0.3 is 0 Å². The van der Waals surface area contributed by atoms with Crippen molar-refractivity contribution >= 4 is 11.7 Å². The number of ether oxygens (including phenoxy) is 1. The van der Waals surface area contributed by atoms with Crippen molar-refractivity contribution in [2.45, 2.75) is 26.2 Å². The standard InChI is InChI=1S/C14H28N4O3/c1-4-18(9-5-8-17(2)3)13(19)14(12(15)16-20)6-10-21-11-7-14/h20H,4-11H2,1-3H3,(H2,15,16). The number of hydrogen-bond acceptors (Lipinski definition) is 5. The molecule has 0 spiro atoms. The smallest absolute Gasteiger partial charge is 0.236 e. The van der Waals surface area contributed by atoms with Crippen LogP contribution in [0.5, 0.6) is 0 Å². The predicted molar refractivity (Wildman–Crippen MR) is 81.3 cm³/mol. The minimum absolute atomic E-state index is 0.00172. The fraction of sp³-hybridized carbons (Fsp3) is 0.857. The van der Waals surface area contributed by atoms with Gasteiger partial charge in [-0.2, -0.15) is 0 Å². The molecule has 122 valence electrons. The van der Waals surface area contributed by atoms with Crippen molar-refractivity contribution in [1.82, 2.24) is 9.80 Å². The lowest BCUT2D eigenvalue weighted by Crippen LogP contribution is -2.54. The molecule has 1 aliphatic heterocycles. The molecule has 0 bridgehead atoms. The van der Waals surface area contributed by atoms with Crippen molar-refractivity contribution in [3.05, 3.63) is 0 Å². The number of hydrogen-bond donors (Lipinski definition) is 2. The van der Waals surface area contributed by atoms with E-state index in [1.807, 2.05) is 21.0 Å². The Bertz CT molecular complexity index is 365. The van der Waals surface area contributed by atoms with Crippen molar-refractivity contribution in [2.75, 3.05) is 46.9 Å². The molecule has 1 fully saturated rings. The van der Waals surface area contributed by atoms with Gasteiger partial charge in [-0.15, -0.1) is 0 Å². The van der Waals surface area contributed by atoms with Gasteiger partial charge in [0.05, 0.1) is 0 Å². The van der Waals surface area contributed by atoms with E-state index in [1.165, 1.54) is 0 Å². The average molecular weight is 300 g/mol. The summed E-state index contributed by atoms with van der Waals surface area (Å²) >= 11 is 0. The summed E-state index contributed by atoms with van der Waals surface area (Å²) in [5.41, 5.74) is 4.93. The highest BCUT2D eigenvalue weighted by Gasteiger charge is 2.46. The number of nitrogens with zero attached hydrogens (tertiary/aromatic N) is 3. The summed E-state index contributed by atoms with van der Waals surface area (Å²) in [4.78, 5) is 16.8. The summed E-state index contributed by atoms with van der Waals surface area (Å²) in [5, 5.41) is 12.2. The van der Waals surface area contributed by atoms with E-state index in [9.17, 15) is 4.79 Å². The van der Waals surface area contributed by atoms with Crippen LogP contribution in [-0.4, -0.2) is 73.7 Å². The highest BCUT2D eigenvalue weighted by molar-refractivity contribution is 6.06. The fourth-order valence-electron chi connectivity index (χ4n) is 2.68. The van der Waals surface area contributed by atoms with Crippen LogP contribution < -0.4 is 5.73 Å². The Morgan fingerprint density at radius 1 is 1.33 bits per heavy atom. The minimum atomic E-state index is -0.916. The third-order valence-corrected chi connectivity index (χ3v) is 4.06. The van der Waals surface area contributed by atoms with Crippen LogP contribution in [0.15, 0.2) is 5.16 Å². The van der Waals surface area contributed by atoms with Crippen LogP contribution in [-0.2, 0) is 9.53 Å². The molecule has 7 nitrogen and oxygen atoms in total. The largest absolute Gasteiger partial charge is 0.409 e. The van der Waals surface area contributed by atoms with E-state index in [0.717, 1.165) is 13.0 Å². The molecular weight excluding hydrogens is 272 g/mol. The first-order valence-corrected chi connectivity index (χ1v) is 7.47. The quantitative estimate of drug-likeness (QED) is 0.306. The molecule has 0 atom stereocenters. The lowest BCUT2D eigenvalue weighted by Gasteiger charge is -2.38. The van der Waals surface area contributed by atoms with Crippen LogP contribution in [0.1, 0.15) is 26.2 Å². The molecule has 7 heteroatoms. The van der Waals surface area contributed by atoms with Gasteiger partial charge in [-0.25, -0.2) is 0 Å². The fourth-order valence-corrected chi connectivity index (χ4v) is 2.68. The number of oxime groups is 1. The lowest BCUT2D eigenvalue weighted by atomic mass is 9.77. The van der Waals surface area contributed by atoms with E-state index in [1.54, 1.807) is 4.90 Å². The Labute approximate surface area is 126 Å². The lowest BCUT2D eigenvalue weighted by molar-refractivity contribution is -0.142. The van der Waals surface area contributed by atoms with Gasteiger partial charge < -0.3 is 25.5 Å². The van der Waals surface area contributed by atoms with E-state index in [0.29, 0.717) is 39.1 Å². The number of amides is 1. The minimum Gasteiger partial charge on any atom is -0.409 e. The molecule has 0 aromatic rings. The zero-order valence-electron chi connectivity index (χ0n) is 13.3. The molecular formula is C14H28N4O3. The molecule has 0 aliphatic carbocycles. The van der Waals surface area contributed by atoms with Gasteiger partial charge in [-0.05, 0) is 46.8 Å². The van der Waals surface area contributed by atoms with Crippen LogP contribution in [0.3, 0.4) is 0 Å². The molecule has 0 unspecified atom stereocenters. The Balaban J connectivity index is 2.82. The number of amidine groups is 1. The van der Waals surface area contributed by atoms with E-state index < -0.39 is 5.41 Å². The predicted octanol–water partition coefficient (Wildman–Crippen LogP) is 0.330.